The minimum absolute atomic E-state index is 0.622. The van der Waals surface area contributed by atoms with Gasteiger partial charge in [-0.3, -0.25) is 0 Å². The van der Waals surface area contributed by atoms with Crippen molar-refractivity contribution in [1.82, 2.24) is 5.32 Å². The van der Waals surface area contributed by atoms with Crippen molar-refractivity contribution < 1.29 is 0 Å². The van der Waals surface area contributed by atoms with E-state index < -0.39 is 0 Å². The first-order chi connectivity index (χ1) is 7.68. The van der Waals surface area contributed by atoms with Gasteiger partial charge < -0.3 is 5.32 Å². The molecule has 0 heterocycles. The van der Waals surface area contributed by atoms with Crippen LogP contribution in [0.3, 0.4) is 0 Å². The van der Waals surface area contributed by atoms with E-state index in [0.717, 1.165) is 12.0 Å². The maximum atomic E-state index is 3.63. The highest BCUT2D eigenvalue weighted by Crippen LogP contribution is 2.45. The average Bonchev–Trinajstić information content (AvgIpc) is 2.76. The third-order valence-corrected chi connectivity index (χ3v) is 4.81. The first-order valence-corrected chi connectivity index (χ1v) is 7.35. The lowest BCUT2D eigenvalue weighted by Gasteiger charge is -2.38. The molecule has 0 aliphatic heterocycles. The van der Waals surface area contributed by atoms with Gasteiger partial charge in [-0.25, -0.2) is 0 Å². The van der Waals surface area contributed by atoms with Gasteiger partial charge in [0.1, 0.15) is 0 Å². The molecule has 1 nitrogen and oxygen atoms in total. The van der Waals surface area contributed by atoms with E-state index in [9.17, 15) is 0 Å². The van der Waals surface area contributed by atoms with Gasteiger partial charge in [0.15, 0.2) is 0 Å². The molecule has 1 N–H and O–H groups in total. The van der Waals surface area contributed by atoms with Crippen LogP contribution in [0.5, 0.6) is 0 Å². The fourth-order valence-electron chi connectivity index (χ4n) is 3.71. The number of nitrogens with one attached hydrogen (secondary N) is 1. The van der Waals surface area contributed by atoms with Crippen molar-refractivity contribution in [3.05, 3.63) is 0 Å². The van der Waals surface area contributed by atoms with Crippen molar-refractivity contribution in [3.8, 4) is 0 Å². The van der Waals surface area contributed by atoms with Crippen LogP contribution >= 0.6 is 0 Å². The quantitative estimate of drug-likeness (QED) is 0.678. The zero-order valence-electron chi connectivity index (χ0n) is 11.8. The van der Waals surface area contributed by atoms with E-state index in [1.54, 1.807) is 0 Å². The minimum atomic E-state index is 0.622. The Labute approximate surface area is 102 Å². The van der Waals surface area contributed by atoms with Gasteiger partial charge in [0.05, 0.1) is 0 Å². The Balaban J connectivity index is 2.57. The summed E-state index contributed by atoms with van der Waals surface area (Å²) in [4.78, 5) is 0. The molecule has 1 aliphatic carbocycles. The van der Waals surface area contributed by atoms with Crippen molar-refractivity contribution in [3.63, 3.8) is 0 Å². The van der Waals surface area contributed by atoms with Gasteiger partial charge in [-0.05, 0) is 44.1 Å². The van der Waals surface area contributed by atoms with Gasteiger partial charge in [-0.1, -0.05) is 46.5 Å². The van der Waals surface area contributed by atoms with E-state index in [1.165, 1.54) is 51.4 Å². The highest BCUT2D eigenvalue weighted by molar-refractivity contribution is 4.93. The molecule has 1 fully saturated rings. The van der Waals surface area contributed by atoms with Crippen LogP contribution in [-0.2, 0) is 0 Å². The van der Waals surface area contributed by atoms with Crippen molar-refractivity contribution in [2.75, 3.05) is 7.05 Å². The van der Waals surface area contributed by atoms with Crippen molar-refractivity contribution in [2.24, 2.45) is 11.3 Å². The van der Waals surface area contributed by atoms with E-state index in [1.807, 2.05) is 0 Å². The van der Waals surface area contributed by atoms with Crippen molar-refractivity contribution >= 4 is 0 Å². The molecular formula is C15H31N. The third kappa shape index (κ3) is 3.23. The molecule has 0 bridgehead atoms. The summed E-state index contributed by atoms with van der Waals surface area (Å²) >= 11 is 0. The summed E-state index contributed by atoms with van der Waals surface area (Å²) in [6.45, 7) is 7.11. The van der Waals surface area contributed by atoms with Crippen molar-refractivity contribution in [1.29, 1.82) is 0 Å². The van der Waals surface area contributed by atoms with Crippen molar-refractivity contribution in [2.45, 2.75) is 78.2 Å². The summed E-state index contributed by atoms with van der Waals surface area (Å²) in [5.41, 5.74) is 0.622. The minimum Gasteiger partial charge on any atom is -0.316 e. The van der Waals surface area contributed by atoms with Crippen LogP contribution < -0.4 is 5.32 Å². The zero-order valence-corrected chi connectivity index (χ0v) is 11.8. The molecule has 0 aromatic rings. The Hall–Kier alpha value is -0.0400. The summed E-state index contributed by atoms with van der Waals surface area (Å²) in [6, 6.07) is 0.751. The van der Waals surface area contributed by atoms with Crippen LogP contribution in [0.4, 0.5) is 0 Å². The second kappa shape index (κ2) is 6.64. The molecule has 1 saturated carbocycles. The van der Waals surface area contributed by atoms with Gasteiger partial charge in [0.2, 0.25) is 0 Å². The predicted molar refractivity (Wildman–Crippen MR) is 72.7 cm³/mol. The first kappa shape index (κ1) is 14.0. The van der Waals surface area contributed by atoms with E-state index in [4.69, 9.17) is 0 Å². The Morgan fingerprint density at radius 2 is 1.81 bits per heavy atom. The second-order valence-corrected chi connectivity index (χ2v) is 5.89. The molecule has 2 atom stereocenters. The maximum absolute atomic E-state index is 3.63. The van der Waals surface area contributed by atoms with Gasteiger partial charge in [-0.15, -0.1) is 0 Å². The van der Waals surface area contributed by atoms with E-state index in [0.29, 0.717) is 5.41 Å². The summed E-state index contributed by atoms with van der Waals surface area (Å²) in [6.07, 6.45) is 11.3. The molecule has 16 heavy (non-hydrogen) atoms. The van der Waals surface area contributed by atoms with Gasteiger partial charge in [0, 0.05) is 6.04 Å². The molecule has 0 radical (unpaired) electrons. The number of hydrogen-bond acceptors (Lipinski definition) is 1. The normalized spacial score (nSPS) is 23.2. The molecule has 0 aromatic heterocycles. The van der Waals surface area contributed by atoms with Crippen LogP contribution in [0.1, 0.15) is 72.1 Å². The molecule has 0 aromatic carbocycles. The average molecular weight is 225 g/mol. The van der Waals surface area contributed by atoms with Gasteiger partial charge in [-0.2, -0.15) is 0 Å². The topological polar surface area (TPSA) is 12.0 Å². The fourth-order valence-corrected chi connectivity index (χ4v) is 3.71. The lowest BCUT2D eigenvalue weighted by molar-refractivity contribution is 0.166. The van der Waals surface area contributed by atoms with E-state index in [2.05, 4.69) is 33.1 Å². The highest BCUT2D eigenvalue weighted by atomic mass is 14.9. The van der Waals surface area contributed by atoms with Crippen LogP contribution in [0.25, 0.3) is 0 Å². The van der Waals surface area contributed by atoms with Crippen LogP contribution in [-0.4, -0.2) is 13.1 Å². The van der Waals surface area contributed by atoms with E-state index in [-0.39, 0.29) is 0 Å². The Bertz CT molecular complexity index is 182. The summed E-state index contributed by atoms with van der Waals surface area (Å²) in [5.74, 6) is 0.881. The fraction of sp³-hybridized carbons (Fsp3) is 1.00. The lowest BCUT2D eigenvalue weighted by atomic mass is 9.73. The summed E-state index contributed by atoms with van der Waals surface area (Å²) < 4.78 is 0. The number of hydrogen-bond donors (Lipinski definition) is 1. The zero-order chi connectivity index (χ0) is 12.0. The summed E-state index contributed by atoms with van der Waals surface area (Å²) in [5, 5.41) is 3.63. The standard InChI is InChI=1S/C15H31N/c1-5-9-13(3)12-14(16-4)15(6-2)10-7-8-11-15/h13-14,16H,5-12H2,1-4H3. The third-order valence-electron chi connectivity index (χ3n) is 4.81. The first-order valence-electron chi connectivity index (χ1n) is 7.35. The van der Waals surface area contributed by atoms with Crippen LogP contribution in [0.15, 0.2) is 0 Å². The Morgan fingerprint density at radius 1 is 1.19 bits per heavy atom. The highest BCUT2D eigenvalue weighted by Gasteiger charge is 2.39. The van der Waals surface area contributed by atoms with E-state index >= 15 is 0 Å². The molecule has 2 unspecified atom stereocenters. The summed E-state index contributed by atoms with van der Waals surface area (Å²) in [7, 11) is 2.17. The molecule has 0 amide bonds. The molecule has 1 rings (SSSR count). The largest absolute Gasteiger partial charge is 0.316 e. The maximum Gasteiger partial charge on any atom is 0.0123 e. The van der Waals surface area contributed by atoms with Gasteiger partial charge >= 0.3 is 0 Å². The molecular weight excluding hydrogens is 194 g/mol. The molecule has 1 aliphatic rings. The smallest absolute Gasteiger partial charge is 0.0123 e. The monoisotopic (exact) mass is 225 g/mol. The second-order valence-electron chi connectivity index (χ2n) is 5.89. The Kier molecular flexibility index (Phi) is 5.82. The molecule has 1 heteroatoms. The predicted octanol–water partition coefficient (Wildman–Crippen LogP) is 4.37. The Morgan fingerprint density at radius 3 is 2.25 bits per heavy atom. The van der Waals surface area contributed by atoms with Crippen LogP contribution in [0.2, 0.25) is 0 Å². The molecule has 0 saturated heterocycles. The van der Waals surface area contributed by atoms with Crippen LogP contribution in [0, 0.1) is 11.3 Å². The molecule has 0 spiro atoms. The van der Waals surface area contributed by atoms with Gasteiger partial charge in [0.25, 0.3) is 0 Å². The lowest BCUT2D eigenvalue weighted by Crippen LogP contribution is -2.42. The molecule has 96 valence electrons. The number of rotatable bonds is 7. The SMILES string of the molecule is CCCC(C)CC(NC)C1(CC)CCCC1.